The number of rotatable bonds is 13. The molecule has 10 heteroatoms. The number of hydrogen-bond donors (Lipinski definition) is 1. The number of ether oxygens (including phenoxy) is 3. The van der Waals surface area contributed by atoms with Crippen LogP contribution in [0, 0.1) is 0 Å². The highest BCUT2D eigenvalue weighted by Gasteiger charge is 2.36. The second-order valence-electron chi connectivity index (χ2n) is 9.12. The summed E-state index contributed by atoms with van der Waals surface area (Å²) in [6.07, 6.45) is 3.86. The van der Waals surface area contributed by atoms with E-state index < -0.39 is 23.6 Å². The predicted molar refractivity (Wildman–Crippen MR) is 166 cm³/mol. The van der Waals surface area contributed by atoms with Crippen LogP contribution in [0.25, 0.3) is 6.08 Å². The first-order valence-corrected chi connectivity index (χ1v) is 14.6. The van der Waals surface area contributed by atoms with Crippen molar-refractivity contribution in [3.63, 3.8) is 0 Å². The molecule has 3 amide bonds. The minimum Gasteiger partial charge on any atom is -0.494 e. The molecule has 218 valence electrons. The van der Waals surface area contributed by atoms with Gasteiger partial charge in [-0.2, -0.15) is 0 Å². The summed E-state index contributed by atoms with van der Waals surface area (Å²) in [6.45, 7) is 8.43. The van der Waals surface area contributed by atoms with E-state index in [1.807, 2.05) is 32.0 Å². The summed E-state index contributed by atoms with van der Waals surface area (Å²) in [7, 11) is 0. The Morgan fingerprint density at radius 1 is 1.00 bits per heavy atom. The Bertz CT molecular complexity index is 1490. The number of benzene rings is 3. The molecule has 8 nitrogen and oxygen atoms in total. The van der Waals surface area contributed by atoms with Crippen molar-refractivity contribution in [3.8, 4) is 17.2 Å². The Kier molecular flexibility index (Phi) is 10.7. The largest absolute Gasteiger partial charge is 0.494 e. The van der Waals surface area contributed by atoms with Crippen molar-refractivity contribution in [2.75, 3.05) is 25.1 Å². The van der Waals surface area contributed by atoms with Gasteiger partial charge in [0, 0.05) is 16.3 Å². The molecule has 0 saturated carbocycles. The highest BCUT2D eigenvalue weighted by atomic mass is 35.5. The standard InChI is InChI=1S/C32H31ClN2O6S/c1-4-7-23-16-22(17-27(40-6-3)30(23)41-20-21-8-10-24(33)11-9-21)18-28-31(37)35(32(38)42-28)19-29(36)34-25-12-14-26(15-13-25)39-5-2/h4,8-18H,1,5-7,19-20H2,2-3H3,(H,34,36)/b28-18+. The van der Waals surface area contributed by atoms with Gasteiger partial charge in [0.1, 0.15) is 18.9 Å². The monoisotopic (exact) mass is 606 g/mol. The first-order chi connectivity index (χ1) is 20.3. The molecule has 0 spiro atoms. The van der Waals surface area contributed by atoms with Gasteiger partial charge in [0.05, 0.1) is 18.1 Å². The van der Waals surface area contributed by atoms with Crippen molar-refractivity contribution in [2.45, 2.75) is 26.9 Å². The van der Waals surface area contributed by atoms with Gasteiger partial charge in [0.15, 0.2) is 11.5 Å². The predicted octanol–water partition coefficient (Wildman–Crippen LogP) is 7.12. The van der Waals surface area contributed by atoms with Crippen LogP contribution >= 0.6 is 23.4 Å². The second-order valence-corrected chi connectivity index (χ2v) is 10.6. The SMILES string of the molecule is C=CCc1cc(/C=C2/SC(=O)N(CC(=O)Nc3ccc(OCC)cc3)C2=O)cc(OCC)c1OCc1ccc(Cl)cc1. The number of hydrogen-bond acceptors (Lipinski definition) is 7. The zero-order valence-electron chi connectivity index (χ0n) is 23.4. The average Bonchev–Trinajstić information content (AvgIpc) is 3.22. The van der Waals surface area contributed by atoms with Crippen LogP contribution in [0.3, 0.4) is 0 Å². The summed E-state index contributed by atoms with van der Waals surface area (Å²) in [6, 6.07) is 17.8. The number of amides is 3. The van der Waals surface area contributed by atoms with Gasteiger partial charge in [-0.25, -0.2) is 0 Å². The Labute approximate surface area is 254 Å². The Morgan fingerprint density at radius 3 is 2.38 bits per heavy atom. The zero-order chi connectivity index (χ0) is 30.1. The van der Waals surface area contributed by atoms with E-state index in [1.54, 1.807) is 54.6 Å². The Morgan fingerprint density at radius 2 is 1.71 bits per heavy atom. The van der Waals surface area contributed by atoms with Gasteiger partial charge in [-0.05, 0) is 97.8 Å². The van der Waals surface area contributed by atoms with Crippen LogP contribution in [0.2, 0.25) is 5.02 Å². The van der Waals surface area contributed by atoms with Gasteiger partial charge in [-0.3, -0.25) is 19.3 Å². The van der Waals surface area contributed by atoms with Gasteiger partial charge < -0.3 is 19.5 Å². The van der Waals surface area contributed by atoms with E-state index in [1.165, 1.54) is 0 Å². The number of anilines is 1. The van der Waals surface area contributed by atoms with Crippen LogP contribution < -0.4 is 19.5 Å². The third kappa shape index (κ3) is 7.96. The zero-order valence-corrected chi connectivity index (χ0v) is 24.9. The molecule has 1 N–H and O–H groups in total. The van der Waals surface area contributed by atoms with Gasteiger partial charge >= 0.3 is 0 Å². The first-order valence-electron chi connectivity index (χ1n) is 13.4. The summed E-state index contributed by atoms with van der Waals surface area (Å²) in [5.41, 5.74) is 2.93. The summed E-state index contributed by atoms with van der Waals surface area (Å²) in [4.78, 5) is 39.6. The fourth-order valence-electron chi connectivity index (χ4n) is 4.17. The molecule has 0 radical (unpaired) electrons. The first kappa shape index (κ1) is 30.7. The van der Waals surface area contributed by atoms with Crippen LogP contribution in [-0.2, 0) is 22.6 Å². The van der Waals surface area contributed by atoms with Crippen molar-refractivity contribution in [3.05, 3.63) is 99.9 Å². The quantitative estimate of drug-likeness (QED) is 0.163. The van der Waals surface area contributed by atoms with E-state index >= 15 is 0 Å². The Hall–Kier alpha value is -4.21. The van der Waals surface area contributed by atoms with Crippen LogP contribution in [0.4, 0.5) is 10.5 Å². The third-order valence-corrected chi connectivity index (χ3v) is 7.20. The number of nitrogens with one attached hydrogen (secondary N) is 1. The topological polar surface area (TPSA) is 94.2 Å². The number of allylic oxidation sites excluding steroid dienone is 1. The van der Waals surface area contributed by atoms with Crippen molar-refractivity contribution in [1.82, 2.24) is 4.90 Å². The van der Waals surface area contributed by atoms with E-state index in [2.05, 4.69) is 11.9 Å². The molecule has 0 atom stereocenters. The van der Waals surface area contributed by atoms with Crippen LogP contribution in [0.15, 0.2) is 78.2 Å². The van der Waals surface area contributed by atoms with E-state index in [0.29, 0.717) is 59.8 Å². The molecular weight excluding hydrogens is 576 g/mol. The molecule has 0 bridgehead atoms. The van der Waals surface area contributed by atoms with Crippen molar-refractivity contribution >= 4 is 52.2 Å². The normalized spacial score (nSPS) is 13.8. The van der Waals surface area contributed by atoms with Crippen molar-refractivity contribution in [2.24, 2.45) is 0 Å². The highest BCUT2D eigenvalue weighted by Crippen LogP contribution is 2.38. The summed E-state index contributed by atoms with van der Waals surface area (Å²) in [5.74, 6) is 0.723. The van der Waals surface area contributed by atoms with Gasteiger partial charge in [-0.15, -0.1) is 6.58 Å². The molecule has 1 fully saturated rings. The minimum absolute atomic E-state index is 0.204. The van der Waals surface area contributed by atoms with Gasteiger partial charge in [0.2, 0.25) is 5.91 Å². The smallest absolute Gasteiger partial charge is 0.294 e. The van der Waals surface area contributed by atoms with E-state index in [4.69, 9.17) is 25.8 Å². The molecule has 1 heterocycles. The number of nitrogens with zero attached hydrogens (tertiary/aromatic N) is 1. The third-order valence-electron chi connectivity index (χ3n) is 6.04. The van der Waals surface area contributed by atoms with E-state index in [0.717, 1.165) is 27.8 Å². The number of carbonyl (C=O) groups is 3. The number of imide groups is 1. The lowest BCUT2D eigenvalue weighted by Crippen LogP contribution is -2.36. The number of halogens is 1. The maximum Gasteiger partial charge on any atom is 0.294 e. The molecule has 3 aromatic rings. The molecule has 1 saturated heterocycles. The fraction of sp³-hybridized carbons (Fsp3) is 0.219. The minimum atomic E-state index is -0.543. The molecular formula is C32H31ClN2O6S. The molecule has 42 heavy (non-hydrogen) atoms. The lowest BCUT2D eigenvalue weighted by atomic mass is 10.0. The number of thioether (sulfide) groups is 1. The molecule has 1 aliphatic rings. The molecule has 4 rings (SSSR count). The van der Waals surface area contributed by atoms with Crippen LogP contribution in [0.5, 0.6) is 17.2 Å². The van der Waals surface area contributed by atoms with Gasteiger partial charge in [0.25, 0.3) is 11.1 Å². The molecule has 0 unspecified atom stereocenters. The van der Waals surface area contributed by atoms with Crippen molar-refractivity contribution < 1.29 is 28.6 Å². The van der Waals surface area contributed by atoms with E-state index in [9.17, 15) is 14.4 Å². The maximum absolute atomic E-state index is 13.1. The molecule has 1 aliphatic heterocycles. The number of carbonyl (C=O) groups excluding carboxylic acids is 3. The highest BCUT2D eigenvalue weighted by molar-refractivity contribution is 8.18. The summed E-state index contributed by atoms with van der Waals surface area (Å²) < 4.78 is 17.5. The lowest BCUT2D eigenvalue weighted by Gasteiger charge is -2.17. The fourth-order valence-corrected chi connectivity index (χ4v) is 5.13. The Balaban J connectivity index is 1.50. The summed E-state index contributed by atoms with van der Waals surface area (Å²) >= 11 is 6.78. The van der Waals surface area contributed by atoms with E-state index in [-0.39, 0.29) is 4.91 Å². The molecule has 0 aromatic heterocycles. The average molecular weight is 607 g/mol. The van der Waals surface area contributed by atoms with Crippen LogP contribution in [0.1, 0.15) is 30.5 Å². The molecule has 0 aliphatic carbocycles. The van der Waals surface area contributed by atoms with Gasteiger partial charge in [-0.1, -0.05) is 29.8 Å². The maximum atomic E-state index is 13.1. The van der Waals surface area contributed by atoms with Crippen molar-refractivity contribution in [1.29, 1.82) is 0 Å². The lowest BCUT2D eigenvalue weighted by molar-refractivity contribution is -0.127. The summed E-state index contributed by atoms with van der Waals surface area (Å²) in [5, 5.41) is 2.82. The second kappa shape index (κ2) is 14.6. The molecule has 3 aromatic carbocycles. The van der Waals surface area contributed by atoms with Crippen LogP contribution in [-0.4, -0.2) is 41.7 Å².